The molecule has 77 heavy (non-hydrogen) atoms. The van der Waals surface area contributed by atoms with Crippen molar-refractivity contribution in [2.75, 3.05) is 9.80 Å². The fraction of sp³-hybridized carbons (Fsp3) is 0.151. The van der Waals surface area contributed by atoms with Gasteiger partial charge in [0.15, 0.2) is 0 Å². The first-order chi connectivity index (χ1) is 38.1. The van der Waals surface area contributed by atoms with Crippen molar-refractivity contribution in [3.63, 3.8) is 0 Å². The average molecular weight is 993 g/mol. The minimum Gasteiger partial charge on any atom is -0.485 e. The molecule has 4 heteroatoms. The first-order valence-electron chi connectivity index (χ1n) is 27.8. The zero-order valence-corrected chi connectivity index (χ0v) is 42.8. The molecule has 1 aliphatic heterocycles. The number of benzene rings is 9. The van der Waals surface area contributed by atoms with Gasteiger partial charge < -0.3 is 19.0 Å². The van der Waals surface area contributed by atoms with Gasteiger partial charge in [-0.05, 0) is 167 Å². The Kier molecular flexibility index (Phi) is 10.2. The lowest BCUT2D eigenvalue weighted by atomic mass is 9.73. The van der Waals surface area contributed by atoms with Crippen LogP contribution in [0.25, 0.3) is 66.1 Å². The van der Waals surface area contributed by atoms with Gasteiger partial charge >= 0.3 is 0 Å². The molecule has 6 aliphatic rings. The molecular formula is C73H56N2O2. The maximum atomic E-state index is 6.51. The molecule has 0 radical (unpaired) electrons. The summed E-state index contributed by atoms with van der Waals surface area (Å²) in [7, 11) is 0. The van der Waals surface area contributed by atoms with Crippen LogP contribution in [0.5, 0.6) is 5.75 Å². The van der Waals surface area contributed by atoms with Crippen molar-refractivity contribution >= 4 is 61.1 Å². The van der Waals surface area contributed by atoms with E-state index in [4.69, 9.17) is 9.15 Å². The molecule has 1 spiro atoms. The molecule has 370 valence electrons. The predicted molar refractivity (Wildman–Crippen MR) is 318 cm³/mol. The van der Waals surface area contributed by atoms with Gasteiger partial charge in [0, 0.05) is 61.9 Å². The highest BCUT2D eigenvalue weighted by Crippen LogP contribution is 2.63. The van der Waals surface area contributed by atoms with Crippen molar-refractivity contribution in [3.8, 4) is 39.1 Å². The molecule has 0 bridgehead atoms. The van der Waals surface area contributed by atoms with E-state index in [0.29, 0.717) is 11.8 Å². The zero-order valence-electron chi connectivity index (χ0n) is 42.8. The van der Waals surface area contributed by atoms with E-state index in [1.165, 1.54) is 78.6 Å². The summed E-state index contributed by atoms with van der Waals surface area (Å²) in [6, 6.07) is 70.2. The Morgan fingerprint density at radius 3 is 2.10 bits per heavy atom. The van der Waals surface area contributed by atoms with Gasteiger partial charge in [0.05, 0.1) is 11.7 Å². The molecule has 1 fully saturated rings. The second-order valence-electron chi connectivity index (χ2n) is 22.1. The number of hydrogen-bond acceptors (Lipinski definition) is 4. The third kappa shape index (κ3) is 7.11. The molecule has 0 N–H and O–H groups in total. The van der Waals surface area contributed by atoms with Crippen molar-refractivity contribution in [1.82, 2.24) is 0 Å². The van der Waals surface area contributed by atoms with E-state index in [9.17, 15) is 0 Å². The van der Waals surface area contributed by atoms with Crippen molar-refractivity contribution in [1.29, 1.82) is 0 Å². The van der Waals surface area contributed by atoms with Gasteiger partial charge in [-0.3, -0.25) is 0 Å². The minimum atomic E-state index is -0.0336. The molecule has 5 unspecified atom stereocenters. The summed E-state index contributed by atoms with van der Waals surface area (Å²) in [5.41, 5.74) is 19.2. The smallest absolute Gasteiger partial charge is 0.135 e. The van der Waals surface area contributed by atoms with Crippen LogP contribution in [0.1, 0.15) is 54.7 Å². The quantitative estimate of drug-likeness (QED) is 0.135. The lowest BCUT2D eigenvalue weighted by molar-refractivity contribution is 0.269. The van der Waals surface area contributed by atoms with E-state index < -0.39 is 0 Å². The lowest BCUT2D eigenvalue weighted by Gasteiger charge is -2.41. The Labute approximate surface area is 449 Å². The van der Waals surface area contributed by atoms with Crippen LogP contribution in [0, 0.1) is 11.8 Å². The number of furan rings is 1. The summed E-state index contributed by atoms with van der Waals surface area (Å²) in [6.07, 6.45) is 28.9. The van der Waals surface area contributed by atoms with Gasteiger partial charge in [-0.1, -0.05) is 170 Å². The third-order valence-electron chi connectivity index (χ3n) is 18.0. The molecule has 16 rings (SSSR count). The number of nitrogens with zero attached hydrogens (tertiary/aromatic N) is 2. The Morgan fingerprint density at radius 1 is 0.481 bits per heavy atom. The molecule has 9 aromatic carbocycles. The molecule has 0 amide bonds. The summed E-state index contributed by atoms with van der Waals surface area (Å²) >= 11 is 0. The highest BCUT2D eigenvalue weighted by atomic mass is 16.5. The molecule has 4 nitrogen and oxygen atoms in total. The van der Waals surface area contributed by atoms with Crippen LogP contribution in [0.4, 0.5) is 28.4 Å². The molecule has 5 atom stereocenters. The summed E-state index contributed by atoms with van der Waals surface area (Å²) in [4.78, 5) is 5.08. The van der Waals surface area contributed by atoms with E-state index in [0.717, 1.165) is 70.4 Å². The average Bonchev–Trinajstić information content (AvgIpc) is 4.14. The largest absolute Gasteiger partial charge is 0.485 e. The standard InChI is InChI=1S/C73H56N2O2/c1-3-16-47(17-4-1)55-20-7-11-26-66(55)74(51-35-40-70-62(44-51)58-22-9-13-28-68(58)76-70)50-32-30-49(31-33-50)54-38-39-61-57-37-34-53(46-65(57)73(42-43-73)64-25-15-24-60(54)72(61)64)75(67-27-12-8-21-56(67)48-18-5-2-6-19-48)52-36-41-71-63(45-52)59-23-10-14-29-69(59)77-71/h1-5,7-17,20-41,44-46,48,56,59,67,69H,6,18-19,42-43H2. The van der Waals surface area contributed by atoms with Gasteiger partial charge in [0.2, 0.25) is 0 Å². The molecule has 1 aromatic heterocycles. The number of fused-ring (bicyclic) bond motifs is 10. The molecule has 2 heterocycles. The van der Waals surface area contributed by atoms with E-state index in [1.54, 1.807) is 0 Å². The molecule has 5 aliphatic carbocycles. The summed E-state index contributed by atoms with van der Waals surface area (Å²) in [5, 5.41) is 4.93. The number of para-hydroxylation sites is 2. The molecular weight excluding hydrogens is 937 g/mol. The van der Waals surface area contributed by atoms with Crippen LogP contribution in [0.2, 0.25) is 0 Å². The van der Waals surface area contributed by atoms with Crippen LogP contribution in [-0.4, -0.2) is 12.1 Å². The van der Waals surface area contributed by atoms with Crippen LogP contribution in [0.3, 0.4) is 0 Å². The number of rotatable bonds is 9. The Hall–Kier alpha value is -8.86. The van der Waals surface area contributed by atoms with Crippen molar-refractivity contribution in [2.24, 2.45) is 11.8 Å². The summed E-state index contributed by atoms with van der Waals surface area (Å²) in [6.45, 7) is 0. The lowest BCUT2D eigenvalue weighted by Crippen LogP contribution is -2.40. The topological polar surface area (TPSA) is 28.9 Å². The van der Waals surface area contributed by atoms with Crippen molar-refractivity contribution in [2.45, 2.75) is 55.6 Å². The second-order valence-corrected chi connectivity index (χ2v) is 22.1. The van der Waals surface area contributed by atoms with E-state index in [-0.39, 0.29) is 23.5 Å². The fourth-order valence-electron chi connectivity index (χ4n) is 14.2. The number of ether oxygens (including phenoxy) is 1. The van der Waals surface area contributed by atoms with E-state index in [1.807, 2.05) is 6.07 Å². The first-order valence-corrected chi connectivity index (χ1v) is 27.8. The summed E-state index contributed by atoms with van der Waals surface area (Å²) < 4.78 is 12.8. The molecule has 0 saturated heterocycles. The highest BCUT2D eigenvalue weighted by Gasteiger charge is 2.51. The zero-order chi connectivity index (χ0) is 50.6. The third-order valence-corrected chi connectivity index (χ3v) is 18.0. The maximum Gasteiger partial charge on any atom is 0.135 e. The number of allylic oxidation sites excluding steroid dienone is 6. The van der Waals surface area contributed by atoms with Crippen molar-refractivity contribution in [3.05, 3.63) is 266 Å². The fourth-order valence-corrected chi connectivity index (χ4v) is 14.2. The van der Waals surface area contributed by atoms with Gasteiger partial charge in [-0.25, -0.2) is 0 Å². The predicted octanol–water partition coefficient (Wildman–Crippen LogP) is 19.2. The Bertz CT molecular complexity index is 4170. The van der Waals surface area contributed by atoms with Crippen molar-refractivity contribution < 1.29 is 9.15 Å². The number of hydrogen-bond donors (Lipinski definition) is 0. The van der Waals surface area contributed by atoms with Crippen LogP contribution in [0.15, 0.2) is 253 Å². The van der Waals surface area contributed by atoms with Crippen LogP contribution < -0.4 is 14.5 Å². The molecule has 1 saturated carbocycles. The van der Waals surface area contributed by atoms with Gasteiger partial charge in [-0.2, -0.15) is 0 Å². The maximum absolute atomic E-state index is 6.51. The minimum absolute atomic E-state index is 0.0336. The monoisotopic (exact) mass is 992 g/mol. The summed E-state index contributed by atoms with van der Waals surface area (Å²) in [5.74, 6) is 2.18. The molecule has 10 aromatic rings. The first kappa shape index (κ1) is 44.4. The van der Waals surface area contributed by atoms with E-state index in [2.05, 4.69) is 253 Å². The number of anilines is 5. The van der Waals surface area contributed by atoms with E-state index >= 15 is 0 Å². The van der Waals surface area contributed by atoms with Crippen LogP contribution >= 0.6 is 0 Å². The van der Waals surface area contributed by atoms with Gasteiger partial charge in [0.1, 0.15) is 23.0 Å². The highest BCUT2D eigenvalue weighted by molar-refractivity contribution is 6.11. The Morgan fingerprint density at radius 2 is 1.21 bits per heavy atom. The second kappa shape index (κ2) is 17.6. The SMILES string of the molecule is C1=CC2Oc3ccc(N(c4ccc5c(c4)C4(CC4)c4cccc6c(-c7ccc(N(c8ccc9oc%10ccccc%10c9c8)c8ccccc8-c8ccccc8)cc7)ccc-5c46)C4C=CC=CC4C4CC=CCC4)cc3C2C=C1. The Balaban J connectivity index is 0.798. The van der Waals surface area contributed by atoms with Crippen LogP contribution in [-0.2, 0) is 5.41 Å². The van der Waals surface area contributed by atoms with Gasteiger partial charge in [0.25, 0.3) is 0 Å². The van der Waals surface area contributed by atoms with Gasteiger partial charge in [-0.15, -0.1) is 0 Å². The normalized spacial score (nSPS) is 20.8.